The zero-order chi connectivity index (χ0) is 23.8. The van der Waals surface area contributed by atoms with Crippen LogP contribution < -0.4 is 20.3 Å². The van der Waals surface area contributed by atoms with Gasteiger partial charge in [0.2, 0.25) is 5.95 Å². The number of hydrogen-bond acceptors (Lipinski definition) is 8. The number of nitrogens with zero attached hydrogens (tertiary/aromatic N) is 5. The van der Waals surface area contributed by atoms with Gasteiger partial charge in [-0.25, -0.2) is 4.68 Å². The van der Waals surface area contributed by atoms with E-state index in [-0.39, 0.29) is 6.04 Å². The number of β-amino-alcohol motifs (C(OH)–C–C–N with tert-alkyl or cyclic N) is 1. The molecule has 0 aliphatic carbocycles. The predicted molar refractivity (Wildman–Crippen MR) is 133 cm³/mol. The van der Waals surface area contributed by atoms with Gasteiger partial charge in [0.05, 0.1) is 41.2 Å². The molecule has 2 aromatic heterocycles. The summed E-state index contributed by atoms with van der Waals surface area (Å²) in [5, 5.41) is 29.6. The summed E-state index contributed by atoms with van der Waals surface area (Å²) in [7, 11) is 1.82. The molecule has 0 amide bonds. The van der Waals surface area contributed by atoms with E-state index in [0.29, 0.717) is 36.5 Å². The number of benzene rings is 2. The fraction of sp³-hybridized carbons (Fsp3) is 0.348. The zero-order valence-corrected chi connectivity index (χ0v) is 20.0. The fourth-order valence-electron chi connectivity index (χ4n) is 4.07. The number of H-pyrrole nitrogens is 1. The molecule has 0 fully saturated rings. The summed E-state index contributed by atoms with van der Waals surface area (Å²) in [4.78, 5) is 6.79. The van der Waals surface area contributed by atoms with Crippen LogP contribution in [0.3, 0.4) is 0 Å². The van der Waals surface area contributed by atoms with Gasteiger partial charge in [0.15, 0.2) is 5.82 Å². The van der Waals surface area contributed by atoms with Gasteiger partial charge in [-0.05, 0) is 44.2 Å². The Hall–Kier alpha value is -3.34. The van der Waals surface area contributed by atoms with Crippen LogP contribution >= 0.6 is 11.6 Å². The average molecular weight is 483 g/mol. The van der Waals surface area contributed by atoms with E-state index in [1.54, 1.807) is 10.9 Å². The van der Waals surface area contributed by atoms with E-state index in [1.807, 2.05) is 51.2 Å². The standard InChI is InChI=1S/C23H27ClN8O2/c1-13(2)26-20(33)12-32-8-9-34-19-10-14(4-7-18(19)32)22-28-23(31(3)30-22)27-17-6-5-16-15(21(17)24)11-25-29-16/h4-7,10-11,13,20,26,33H,8-9,12H2,1-3H3,(H,25,29)(H,27,28,30). The molecule has 0 saturated heterocycles. The number of ether oxygens (including phenoxy) is 1. The Bertz CT molecular complexity index is 1320. The third kappa shape index (κ3) is 4.39. The molecule has 11 heteroatoms. The van der Waals surface area contributed by atoms with E-state index in [0.717, 1.165) is 33.6 Å². The van der Waals surface area contributed by atoms with Crippen LogP contribution in [-0.2, 0) is 7.05 Å². The van der Waals surface area contributed by atoms with Crippen LogP contribution in [0.1, 0.15) is 13.8 Å². The molecule has 178 valence electrons. The third-order valence-corrected chi connectivity index (χ3v) is 6.07. The van der Waals surface area contributed by atoms with Gasteiger partial charge in [-0.1, -0.05) is 11.6 Å². The van der Waals surface area contributed by atoms with Crippen LogP contribution in [0.15, 0.2) is 36.5 Å². The Morgan fingerprint density at radius 1 is 1.26 bits per heavy atom. The van der Waals surface area contributed by atoms with Crippen LogP contribution in [0.25, 0.3) is 22.3 Å². The highest BCUT2D eigenvalue weighted by Gasteiger charge is 2.22. The lowest BCUT2D eigenvalue weighted by atomic mass is 10.1. The van der Waals surface area contributed by atoms with Crippen molar-refractivity contribution in [2.24, 2.45) is 7.05 Å². The van der Waals surface area contributed by atoms with Crippen molar-refractivity contribution in [1.82, 2.24) is 30.3 Å². The monoisotopic (exact) mass is 482 g/mol. The molecule has 2 aromatic carbocycles. The summed E-state index contributed by atoms with van der Waals surface area (Å²) in [6, 6.07) is 9.88. The number of aromatic nitrogens is 5. The van der Waals surface area contributed by atoms with Crippen LogP contribution in [0.2, 0.25) is 5.02 Å². The van der Waals surface area contributed by atoms with Gasteiger partial charge in [-0.15, -0.1) is 5.10 Å². The number of aliphatic hydroxyl groups excluding tert-OH is 1. The predicted octanol–water partition coefficient (Wildman–Crippen LogP) is 3.27. The van der Waals surface area contributed by atoms with Crippen molar-refractivity contribution in [1.29, 1.82) is 0 Å². The van der Waals surface area contributed by atoms with Crippen LogP contribution in [-0.4, -0.2) is 62.0 Å². The zero-order valence-electron chi connectivity index (χ0n) is 19.2. The third-order valence-electron chi connectivity index (χ3n) is 5.66. The first kappa shape index (κ1) is 22.5. The molecule has 0 saturated carbocycles. The average Bonchev–Trinajstić information content (AvgIpc) is 3.42. The molecule has 1 atom stereocenters. The molecule has 0 radical (unpaired) electrons. The number of hydrogen-bond donors (Lipinski definition) is 4. The van der Waals surface area contributed by atoms with E-state index in [9.17, 15) is 5.11 Å². The quantitative estimate of drug-likeness (QED) is 0.297. The lowest BCUT2D eigenvalue weighted by Crippen LogP contribution is -2.46. The molecule has 0 spiro atoms. The first-order valence-electron chi connectivity index (χ1n) is 11.1. The maximum Gasteiger partial charge on any atom is 0.225 e. The number of aliphatic hydroxyl groups is 1. The smallest absolute Gasteiger partial charge is 0.225 e. The van der Waals surface area contributed by atoms with Crippen molar-refractivity contribution in [2.45, 2.75) is 26.1 Å². The molecule has 34 heavy (non-hydrogen) atoms. The minimum Gasteiger partial charge on any atom is -0.490 e. The second-order valence-electron chi connectivity index (χ2n) is 8.58. The number of aryl methyl sites for hydroxylation is 1. The van der Waals surface area contributed by atoms with E-state index in [2.05, 4.69) is 35.8 Å². The molecule has 0 bridgehead atoms. The summed E-state index contributed by atoms with van der Waals surface area (Å²) in [5.41, 5.74) is 3.36. The summed E-state index contributed by atoms with van der Waals surface area (Å²) >= 11 is 6.54. The molecule has 1 aliphatic heterocycles. The number of halogens is 1. The molecule has 1 unspecified atom stereocenters. The lowest BCUT2D eigenvalue weighted by molar-refractivity contribution is 0.130. The number of aromatic amines is 1. The van der Waals surface area contributed by atoms with Gasteiger partial charge in [0.25, 0.3) is 0 Å². The van der Waals surface area contributed by atoms with E-state index in [4.69, 9.17) is 16.3 Å². The molecule has 4 aromatic rings. The van der Waals surface area contributed by atoms with Gasteiger partial charge >= 0.3 is 0 Å². The molecule has 5 rings (SSSR count). The largest absolute Gasteiger partial charge is 0.490 e. The van der Waals surface area contributed by atoms with Crippen molar-refractivity contribution >= 4 is 39.8 Å². The minimum absolute atomic E-state index is 0.201. The Balaban J connectivity index is 1.37. The lowest BCUT2D eigenvalue weighted by Gasteiger charge is -2.33. The van der Waals surface area contributed by atoms with Crippen LogP contribution in [0.5, 0.6) is 5.75 Å². The van der Waals surface area contributed by atoms with Crippen molar-refractivity contribution in [3.05, 3.63) is 41.6 Å². The van der Waals surface area contributed by atoms with Crippen molar-refractivity contribution in [3.63, 3.8) is 0 Å². The van der Waals surface area contributed by atoms with Crippen molar-refractivity contribution < 1.29 is 9.84 Å². The Morgan fingerprint density at radius 2 is 2.12 bits per heavy atom. The van der Waals surface area contributed by atoms with Crippen molar-refractivity contribution in [2.75, 3.05) is 29.9 Å². The molecular formula is C23H27ClN8O2. The van der Waals surface area contributed by atoms with Crippen LogP contribution in [0.4, 0.5) is 17.3 Å². The van der Waals surface area contributed by atoms with Gasteiger partial charge in [-0.3, -0.25) is 10.4 Å². The maximum atomic E-state index is 10.3. The summed E-state index contributed by atoms with van der Waals surface area (Å²) in [5.74, 6) is 1.87. The molecule has 10 nitrogen and oxygen atoms in total. The molecule has 1 aliphatic rings. The summed E-state index contributed by atoms with van der Waals surface area (Å²) in [6.45, 7) is 5.75. The maximum absolute atomic E-state index is 10.3. The first-order valence-corrected chi connectivity index (χ1v) is 11.5. The fourth-order valence-corrected chi connectivity index (χ4v) is 4.33. The second-order valence-corrected chi connectivity index (χ2v) is 8.96. The van der Waals surface area contributed by atoms with E-state index >= 15 is 0 Å². The number of anilines is 3. The second kappa shape index (κ2) is 9.13. The molecular weight excluding hydrogens is 456 g/mol. The number of fused-ring (bicyclic) bond motifs is 2. The summed E-state index contributed by atoms with van der Waals surface area (Å²) < 4.78 is 7.58. The highest BCUT2D eigenvalue weighted by atomic mass is 35.5. The topological polar surface area (TPSA) is 116 Å². The van der Waals surface area contributed by atoms with Gasteiger partial charge in [-0.2, -0.15) is 10.1 Å². The minimum atomic E-state index is -0.621. The normalized spacial score (nSPS) is 14.4. The molecule has 4 N–H and O–H groups in total. The highest BCUT2D eigenvalue weighted by Crippen LogP contribution is 2.36. The first-order chi connectivity index (χ1) is 16.4. The molecule has 3 heterocycles. The van der Waals surface area contributed by atoms with E-state index < -0.39 is 6.23 Å². The van der Waals surface area contributed by atoms with Crippen LogP contribution in [0, 0.1) is 0 Å². The van der Waals surface area contributed by atoms with Crippen molar-refractivity contribution in [3.8, 4) is 17.1 Å². The Labute approximate surface area is 201 Å². The highest BCUT2D eigenvalue weighted by molar-refractivity contribution is 6.38. The Kier molecular flexibility index (Phi) is 6.03. The Morgan fingerprint density at radius 3 is 2.94 bits per heavy atom. The number of rotatable bonds is 7. The van der Waals surface area contributed by atoms with Gasteiger partial charge in [0, 0.05) is 24.0 Å². The number of nitrogens with one attached hydrogen (secondary N) is 3. The van der Waals surface area contributed by atoms with Gasteiger partial charge < -0.3 is 20.1 Å². The SMILES string of the molecule is CC(C)NC(O)CN1CCOc2cc(-c3nc(Nc4ccc5[nH]ncc5c4Cl)n(C)n3)ccc21. The van der Waals surface area contributed by atoms with Gasteiger partial charge in [0.1, 0.15) is 18.6 Å². The van der Waals surface area contributed by atoms with E-state index in [1.165, 1.54) is 0 Å². The summed E-state index contributed by atoms with van der Waals surface area (Å²) in [6.07, 6.45) is 1.07.